The van der Waals surface area contributed by atoms with Gasteiger partial charge in [0.05, 0.1) is 18.7 Å². The van der Waals surface area contributed by atoms with Crippen LogP contribution in [0.3, 0.4) is 0 Å². The SMILES string of the molecule is CCOc1ccc(C(=O)N2CCCC(Oc3nccnc3N(C)C)C2)cn1. The molecule has 27 heavy (non-hydrogen) atoms. The second kappa shape index (κ2) is 8.66. The zero-order valence-corrected chi connectivity index (χ0v) is 16.0. The summed E-state index contributed by atoms with van der Waals surface area (Å²) >= 11 is 0. The smallest absolute Gasteiger partial charge is 0.257 e. The van der Waals surface area contributed by atoms with E-state index in [-0.39, 0.29) is 12.0 Å². The van der Waals surface area contributed by atoms with Crippen molar-refractivity contribution in [1.29, 1.82) is 0 Å². The van der Waals surface area contributed by atoms with Crippen LogP contribution >= 0.6 is 0 Å². The number of carbonyl (C=O) groups excluding carboxylic acids is 1. The molecule has 0 N–H and O–H groups in total. The Morgan fingerprint density at radius 1 is 1.26 bits per heavy atom. The first-order valence-corrected chi connectivity index (χ1v) is 9.11. The third-order valence-corrected chi connectivity index (χ3v) is 4.29. The average molecular weight is 371 g/mol. The fourth-order valence-corrected chi connectivity index (χ4v) is 3.01. The van der Waals surface area contributed by atoms with Crippen molar-refractivity contribution in [3.8, 4) is 11.8 Å². The minimum absolute atomic E-state index is 0.0502. The molecule has 1 aliphatic rings. The molecule has 144 valence electrons. The Bertz CT molecular complexity index is 766. The average Bonchev–Trinajstić information content (AvgIpc) is 2.69. The molecule has 0 aliphatic carbocycles. The topological polar surface area (TPSA) is 80.7 Å². The number of likely N-dealkylation sites (tertiary alicyclic amines) is 1. The molecular weight excluding hydrogens is 346 g/mol. The van der Waals surface area contributed by atoms with Gasteiger partial charge in [0.25, 0.3) is 11.8 Å². The number of aromatic nitrogens is 3. The Labute approximate surface area is 159 Å². The molecule has 1 aliphatic heterocycles. The number of carbonyl (C=O) groups is 1. The quantitative estimate of drug-likeness (QED) is 0.768. The number of amides is 1. The van der Waals surface area contributed by atoms with Crippen molar-refractivity contribution in [3.63, 3.8) is 0 Å². The summed E-state index contributed by atoms with van der Waals surface area (Å²) in [7, 11) is 3.79. The predicted molar refractivity (Wildman–Crippen MR) is 101 cm³/mol. The molecule has 1 unspecified atom stereocenters. The van der Waals surface area contributed by atoms with Gasteiger partial charge in [-0.15, -0.1) is 0 Å². The van der Waals surface area contributed by atoms with Crippen LogP contribution in [-0.4, -0.2) is 65.7 Å². The number of piperidine rings is 1. The van der Waals surface area contributed by atoms with E-state index in [9.17, 15) is 4.79 Å². The van der Waals surface area contributed by atoms with E-state index in [4.69, 9.17) is 9.47 Å². The second-order valence-electron chi connectivity index (χ2n) is 6.53. The van der Waals surface area contributed by atoms with Gasteiger partial charge in [-0.25, -0.2) is 15.0 Å². The van der Waals surface area contributed by atoms with Crippen molar-refractivity contribution in [2.24, 2.45) is 0 Å². The Morgan fingerprint density at radius 2 is 2.07 bits per heavy atom. The van der Waals surface area contributed by atoms with Gasteiger partial charge in [-0.05, 0) is 25.8 Å². The van der Waals surface area contributed by atoms with Gasteiger partial charge in [0.2, 0.25) is 5.88 Å². The van der Waals surface area contributed by atoms with Crippen molar-refractivity contribution in [3.05, 3.63) is 36.3 Å². The van der Waals surface area contributed by atoms with Crippen molar-refractivity contribution in [1.82, 2.24) is 19.9 Å². The van der Waals surface area contributed by atoms with E-state index in [0.29, 0.717) is 42.8 Å². The zero-order valence-electron chi connectivity index (χ0n) is 16.0. The first kappa shape index (κ1) is 18.9. The first-order valence-electron chi connectivity index (χ1n) is 9.11. The molecule has 0 saturated carbocycles. The van der Waals surface area contributed by atoms with Gasteiger partial charge in [-0.1, -0.05) is 0 Å². The van der Waals surface area contributed by atoms with Crippen LogP contribution in [0.25, 0.3) is 0 Å². The number of rotatable bonds is 6. The van der Waals surface area contributed by atoms with E-state index >= 15 is 0 Å². The summed E-state index contributed by atoms with van der Waals surface area (Å²) in [5.41, 5.74) is 0.549. The van der Waals surface area contributed by atoms with E-state index in [1.165, 1.54) is 0 Å². The Kier molecular flexibility index (Phi) is 6.05. The lowest BCUT2D eigenvalue weighted by molar-refractivity contribution is 0.0528. The van der Waals surface area contributed by atoms with Crippen LogP contribution in [0, 0.1) is 0 Å². The molecule has 3 heterocycles. The molecule has 1 atom stereocenters. The van der Waals surface area contributed by atoms with Gasteiger partial charge >= 0.3 is 0 Å². The minimum Gasteiger partial charge on any atom is -0.478 e. The highest BCUT2D eigenvalue weighted by Gasteiger charge is 2.27. The van der Waals surface area contributed by atoms with Gasteiger partial charge in [-0.2, -0.15) is 0 Å². The highest BCUT2D eigenvalue weighted by molar-refractivity contribution is 5.94. The third-order valence-electron chi connectivity index (χ3n) is 4.29. The molecule has 3 rings (SSSR count). The maximum Gasteiger partial charge on any atom is 0.257 e. The number of hydrogen-bond acceptors (Lipinski definition) is 7. The van der Waals surface area contributed by atoms with Crippen molar-refractivity contribution in [2.45, 2.75) is 25.9 Å². The lowest BCUT2D eigenvalue weighted by atomic mass is 10.1. The number of ether oxygens (including phenoxy) is 2. The van der Waals surface area contributed by atoms with Crippen LogP contribution < -0.4 is 14.4 Å². The summed E-state index contributed by atoms with van der Waals surface area (Å²) in [5.74, 6) is 1.64. The van der Waals surface area contributed by atoms with Crippen LogP contribution in [-0.2, 0) is 0 Å². The largest absolute Gasteiger partial charge is 0.478 e. The van der Waals surface area contributed by atoms with Crippen LogP contribution in [0.15, 0.2) is 30.7 Å². The molecule has 0 spiro atoms. The second-order valence-corrected chi connectivity index (χ2v) is 6.53. The number of anilines is 1. The molecule has 0 aromatic carbocycles. The monoisotopic (exact) mass is 371 g/mol. The van der Waals surface area contributed by atoms with Crippen LogP contribution in [0.1, 0.15) is 30.1 Å². The molecule has 1 saturated heterocycles. The normalized spacial score (nSPS) is 16.7. The predicted octanol–water partition coefficient (Wildman–Crippen LogP) is 2.02. The fraction of sp³-hybridized carbons (Fsp3) is 0.474. The Hall–Kier alpha value is -2.90. The van der Waals surface area contributed by atoms with Gasteiger partial charge in [0, 0.05) is 45.3 Å². The lowest BCUT2D eigenvalue weighted by Crippen LogP contribution is -2.44. The number of nitrogens with zero attached hydrogens (tertiary/aromatic N) is 5. The zero-order chi connectivity index (χ0) is 19.2. The fourth-order valence-electron chi connectivity index (χ4n) is 3.01. The van der Waals surface area contributed by atoms with Crippen LogP contribution in [0.2, 0.25) is 0 Å². The maximum atomic E-state index is 12.8. The molecule has 1 fully saturated rings. The summed E-state index contributed by atoms with van der Waals surface area (Å²) in [5, 5.41) is 0. The molecular formula is C19H25N5O3. The van der Waals surface area contributed by atoms with Crippen molar-refractivity contribution >= 4 is 11.7 Å². The molecule has 8 heteroatoms. The van der Waals surface area contributed by atoms with Crippen LogP contribution in [0.4, 0.5) is 5.82 Å². The highest BCUT2D eigenvalue weighted by atomic mass is 16.5. The van der Waals surface area contributed by atoms with Crippen LogP contribution in [0.5, 0.6) is 11.8 Å². The van der Waals surface area contributed by atoms with Gasteiger partial charge < -0.3 is 19.3 Å². The summed E-state index contributed by atoms with van der Waals surface area (Å²) < 4.78 is 11.4. The molecule has 0 bridgehead atoms. The lowest BCUT2D eigenvalue weighted by Gasteiger charge is -2.33. The summed E-state index contributed by atoms with van der Waals surface area (Å²) in [4.78, 5) is 29.2. The first-order chi connectivity index (χ1) is 13.1. The number of pyridine rings is 1. The molecule has 8 nitrogen and oxygen atoms in total. The van der Waals surface area contributed by atoms with Crippen molar-refractivity contribution < 1.29 is 14.3 Å². The van der Waals surface area contributed by atoms with Crippen molar-refractivity contribution in [2.75, 3.05) is 38.7 Å². The standard InChI is InChI=1S/C19H25N5O3/c1-4-26-16-8-7-14(12-22-16)19(25)24-11-5-6-15(13-24)27-18-17(23(2)3)20-9-10-21-18/h7-10,12,15H,4-6,11,13H2,1-3H3. The molecule has 0 radical (unpaired) electrons. The van der Waals surface area contributed by atoms with E-state index in [0.717, 1.165) is 12.8 Å². The minimum atomic E-state index is -0.117. The third kappa shape index (κ3) is 4.64. The van der Waals surface area contributed by atoms with E-state index in [1.807, 2.05) is 25.9 Å². The molecule has 2 aromatic heterocycles. The highest BCUT2D eigenvalue weighted by Crippen LogP contribution is 2.24. The number of hydrogen-bond donors (Lipinski definition) is 0. The molecule has 1 amide bonds. The molecule has 2 aromatic rings. The maximum absolute atomic E-state index is 12.8. The van der Waals surface area contributed by atoms with E-state index in [1.54, 1.807) is 35.6 Å². The van der Waals surface area contributed by atoms with Gasteiger partial charge in [0.1, 0.15) is 6.10 Å². The van der Waals surface area contributed by atoms with Gasteiger partial charge in [-0.3, -0.25) is 4.79 Å². The summed E-state index contributed by atoms with van der Waals surface area (Å²) in [6.45, 7) is 3.65. The summed E-state index contributed by atoms with van der Waals surface area (Å²) in [6.07, 6.45) is 6.43. The Morgan fingerprint density at radius 3 is 2.78 bits per heavy atom. The Balaban J connectivity index is 1.66. The van der Waals surface area contributed by atoms with E-state index < -0.39 is 0 Å². The van der Waals surface area contributed by atoms with E-state index in [2.05, 4.69) is 15.0 Å². The van der Waals surface area contributed by atoms with Gasteiger partial charge in [0.15, 0.2) is 5.82 Å². The summed E-state index contributed by atoms with van der Waals surface area (Å²) in [6, 6.07) is 3.47.